The van der Waals surface area contributed by atoms with Gasteiger partial charge in [0.15, 0.2) is 5.82 Å². The molecule has 7 nitrogen and oxygen atoms in total. The van der Waals surface area contributed by atoms with E-state index in [0.29, 0.717) is 18.8 Å². The van der Waals surface area contributed by atoms with Crippen molar-refractivity contribution in [2.24, 2.45) is 0 Å². The van der Waals surface area contributed by atoms with Gasteiger partial charge < -0.3 is 10.1 Å². The SMILES string of the molecule is COC(=O)CCCNC(=O)c1nc(-c2cccs2)n(-c2ccccc2)n1. The van der Waals surface area contributed by atoms with Gasteiger partial charge in [0, 0.05) is 13.0 Å². The molecule has 3 rings (SSSR count). The largest absolute Gasteiger partial charge is 0.469 e. The van der Waals surface area contributed by atoms with Crippen LogP contribution in [0.1, 0.15) is 23.5 Å². The Kier molecular flexibility index (Phi) is 5.75. The van der Waals surface area contributed by atoms with Crippen molar-refractivity contribution in [3.05, 3.63) is 53.7 Å². The Morgan fingerprint density at radius 2 is 2.00 bits per heavy atom. The number of nitrogens with zero attached hydrogens (tertiary/aromatic N) is 3. The smallest absolute Gasteiger partial charge is 0.305 e. The molecule has 0 aliphatic carbocycles. The number of rotatable bonds is 7. The minimum Gasteiger partial charge on any atom is -0.469 e. The van der Waals surface area contributed by atoms with E-state index < -0.39 is 0 Å². The fraction of sp³-hybridized carbons (Fsp3) is 0.222. The number of thiophene rings is 1. The Morgan fingerprint density at radius 3 is 2.69 bits per heavy atom. The van der Waals surface area contributed by atoms with E-state index in [1.54, 1.807) is 4.68 Å². The van der Waals surface area contributed by atoms with Crippen LogP contribution in [0.5, 0.6) is 0 Å². The summed E-state index contributed by atoms with van der Waals surface area (Å²) in [5.41, 5.74) is 0.827. The third-order valence-electron chi connectivity index (χ3n) is 3.62. The van der Waals surface area contributed by atoms with E-state index in [9.17, 15) is 9.59 Å². The average Bonchev–Trinajstić information content (AvgIpc) is 3.34. The van der Waals surface area contributed by atoms with Crippen LogP contribution in [0.2, 0.25) is 0 Å². The van der Waals surface area contributed by atoms with Crippen LogP contribution >= 0.6 is 11.3 Å². The van der Waals surface area contributed by atoms with Crippen LogP contribution in [0.15, 0.2) is 47.8 Å². The quantitative estimate of drug-likeness (QED) is 0.510. The first-order valence-electron chi connectivity index (χ1n) is 8.10. The van der Waals surface area contributed by atoms with Gasteiger partial charge in [-0.3, -0.25) is 9.59 Å². The second kappa shape index (κ2) is 8.39. The predicted molar refractivity (Wildman–Crippen MR) is 98.3 cm³/mol. The molecule has 0 atom stereocenters. The molecule has 0 aliphatic heterocycles. The molecule has 2 aromatic heterocycles. The van der Waals surface area contributed by atoms with Gasteiger partial charge in [0.2, 0.25) is 5.82 Å². The molecule has 1 aromatic carbocycles. The first kappa shape index (κ1) is 17.8. The van der Waals surface area contributed by atoms with Crippen molar-refractivity contribution in [1.29, 1.82) is 0 Å². The molecular formula is C18H18N4O3S. The Balaban J connectivity index is 1.78. The Labute approximate surface area is 154 Å². The van der Waals surface area contributed by atoms with Crippen molar-refractivity contribution in [2.45, 2.75) is 12.8 Å². The second-order valence-electron chi connectivity index (χ2n) is 5.42. The van der Waals surface area contributed by atoms with Crippen molar-refractivity contribution in [1.82, 2.24) is 20.1 Å². The lowest BCUT2D eigenvalue weighted by atomic mass is 10.3. The van der Waals surface area contributed by atoms with E-state index in [2.05, 4.69) is 20.1 Å². The van der Waals surface area contributed by atoms with Crippen LogP contribution in [-0.2, 0) is 9.53 Å². The van der Waals surface area contributed by atoms with Crippen molar-refractivity contribution in [3.8, 4) is 16.4 Å². The molecule has 134 valence electrons. The van der Waals surface area contributed by atoms with Crippen LogP contribution in [0, 0.1) is 0 Å². The van der Waals surface area contributed by atoms with Crippen LogP contribution in [0.25, 0.3) is 16.4 Å². The minimum absolute atomic E-state index is 0.0929. The fourth-order valence-corrected chi connectivity index (χ4v) is 3.04. The number of aromatic nitrogens is 3. The number of hydrogen-bond donors (Lipinski definition) is 1. The summed E-state index contributed by atoms with van der Waals surface area (Å²) in [5, 5.41) is 9.06. The topological polar surface area (TPSA) is 86.1 Å². The Hall–Kier alpha value is -3.00. The summed E-state index contributed by atoms with van der Waals surface area (Å²) in [5.74, 6) is 0.0364. The maximum atomic E-state index is 12.4. The first-order valence-corrected chi connectivity index (χ1v) is 8.98. The maximum absolute atomic E-state index is 12.4. The third kappa shape index (κ3) is 4.15. The second-order valence-corrected chi connectivity index (χ2v) is 6.37. The molecular weight excluding hydrogens is 352 g/mol. The highest BCUT2D eigenvalue weighted by Crippen LogP contribution is 2.25. The number of methoxy groups -OCH3 is 1. The van der Waals surface area contributed by atoms with Gasteiger partial charge in [0.05, 0.1) is 17.7 Å². The molecule has 1 amide bonds. The fourth-order valence-electron chi connectivity index (χ4n) is 2.34. The number of nitrogens with one attached hydrogen (secondary N) is 1. The van der Waals surface area contributed by atoms with Crippen LogP contribution in [0.3, 0.4) is 0 Å². The lowest BCUT2D eigenvalue weighted by molar-refractivity contribution is -0.140. The number of carbonyl (C=O) groups is 2. The number of esters is 1. The highest BCUT2D eigenvalue weighted by Gasteiger charge is 2.19. The molecule has 3 aromatic rings. The van der Waals surface area contributed by atoms with Crippen molar-refractivity contribution < 1.29 is 14.3 Å². The molecule has 0 radical (unpaired) electrons. The van der Waals surface area contributed by atoms with Crippen molar-refractivity contribution in [2.75, 3.05) is 13.7 Å². The molecule has 0 saturated carbocycles. The van der Waals surface area contributed by atoms with Crippen molar-refractivity contribution in [3.63, 3.8) is 0 Å². The van der Waals surface area contributed by atoms with Gasteiger partial charge in [0.1, 0.15) is 0 Å². The summed E-state index contributed by atoms with van der Waals surface area (Å²) in [6.07, 6.45) is 0.749. The van der Waals surface area contributed by atoms with E-state index in [1.807, 2.05) is 47.8 Å². The van der Waals surface area contributed by atoms with Gasteiger partial charge in [-0.1, -0.05) is 24.3 Å². The summed E-state index contributed by atoms with van der Waals surface area (Å²) < 4.78 is 6.23. The number of ether oxygens (including phenoxy) is 1. The predicted octanol–water partition coefficient (Wildman–Crippen LogP) is 2.68. The Morgan fingerprint density at radius 1 is 1.19 bits per heavy atom. The monoisotopic (exact) mass is 370 g/mol. The van der Waals surface area contributed by atoms with Gasteiger partial charge in [0.25, 0.3) is 5.91 Å². The lowest BCUT2D eigenvalue weighted by Crippen LogP contribution is -2.26. The van der Waals surface area contributed by atoms with Gasteiger partial charge in [-0.15, -0.1) is 16.4 Å². The van der Waals surface area contributed by atoms with E-state index >= 15 is 0 Å². The third-order valence-corrected chi connectivity index (χ3v) is 4.49. The molecule has 26 heavy (non-hydrogen) atoms. The first-order chi connectivity index (χ1) is 12.7. The summed E-state index contributed by atoms with van der Waals surface area (Å²) >= 11 is 1.53. The van der Waals surface area contributed by atoms with Gasteiger partial charge in [-0.05, 0) is 30.0 Å². The molecule has 0 aliphatic rings. The number of para-hydroxylation sites is 1. The number of carbonyl (C=O) groups excluding carboxylic acids is 2. The molecule has 0 saturated heterocycles. The Bertz CT molecular complexity index is 875. The lowest BCUT2D eigenvalue weighted by Gasteiger charge is -2.03. The molecule has 0 unspecified atom stereocenters. The zero-order valence-corrected chi connectivity index (χ0v) is 15.0. The molecule has 0 bridgehead atoms. The summed E-state index contributed by atoms with van der Waals surface area (Å²) in [6, 6.07) is 13.4. The van der Waals surface area contributed by atoms with Crippen LogP contribution < -0.4 is 5.32 Å². The highest BCUT2D eigenvalue weighted by molar-refractivity contribution is 7.13. The molecule has 2 heterocycles. The molecule has 8 heteroatoms. The summed E-state index contributed by atoms with van der Waals surface area (Å²) in [6.45, 7) is 0.349. The van der Waals surface area contributed by atoms with E-state index in [-0.39, 0.29) is 24.1 Å². The maximum Gasteiger partial charge on any atom is 0.305 e. The van der Waals surface area contributed by atoms with Crippen molar-refractivity contribution >= 4 is 23.2 Å². The van der Waals surface area contributed by atoms with Gasteiger partial charge >= 0.3 is 5.97 Å². The van der Waals surface area contributed by atoms with E-state index in [4.69, 9.17) is 0 Å². The number of benzene rings is 1. The molecule has 1 N–H and O–H groups in total. The average molecular weight is 370 g/mol. The normalized spacial score (nSPS) is 10.5. The standard InChI is InChI=1S/C18H18N4O3S/c1-25-15(23)10-5-11-19-18(24)16-20-17(14-9-6-12-26-14)22(21-16)13-7-3-2-4-8-13/h2-4,6-9,12H,5,10-11H2,1H3,(H,19,24). The van der Waals surface area contributed by atoms with Gasteiger partial charge in [-0.2, -0.15) is 0 Å². The van der Waals surface area contributed by atoms with Crippen LogP contribution in [-0.4, -0.2) is 40.3 Å². The molecule has 0 fully saturated rings. The van der Waals surface area contributed by atoms with Gasteiger partial charge in [-0.25, -0.2) is 9.67 Å². The van der Waals surface area contributed by atoms with E-state index in [1.165, 1.54) is 18.4 Å². The molecule has 0 spiro atoms. The zero-order chi connectivity index (χ0) is 18.4. The summed E-state index contributed by atoms with van der Waals surface area (Å²) in [7, 11) is 1.34. The summed E-state index contributed by atoms with van der Waals surface area (Å²) in [4.78, 5) is 28.8. The number of hydrogen-bond acceptors (Lipinski definition) is 6. The number of amides is 1. The van der Waals surface area contributed by atoms with E-state index in [0.717, 1.165) is 10.6 Å². The van der Waals surface area contributed by atoms with Crippen LogP contribution in [0.4, 0.5) is 0 Å². The zero-order valence-electron chi connectivity index (χ0n) is 14.2. The minimum atomic E-state index is -0.373. The highest BCUT2D eigenvalue weighted by atomic mass is 32.1.